The maximum absolute atomic E-state index is 15.2. The highest BCUT2D eigenvalue weighted by atomic mass is 19.2. The number of fused-ring (bicyclic) bond motifs is 2. The van der Waals surface area contributed by atoms with Crippen LogP contribution in [0.4, 0.5) is 13.2 Å². The standard InChI is InChI=1S/C25H29F3O3/c1-3-5-15-6-10-19(30-14-15)11-9-16-7-8-17-12-18-13-20(29-4-2)22(27)23(28)25(18)31-24(17)21(16)26/h7-8,13,15,19H,3-6,9-12,14H2,1-2H3. The third-order valence-corrected chi connectivity index (χ3v) is 6.25. The minimum Gasteiger partial charge on any atom is -0.491 e. The molecule has 2 aromatic carbocycles. The van der Waals surface area contributed by atoms with Crippen molar-refractivity contribution in [1.82, 2.24) is 0 Å². The Hall–Kier alpha value is -2.21. The van der Waals surface area contributed by atoms with Crippen molar-refractivity contribution in [2.45, 2.75) is 64.9 Å². The van der Waals surface area contributed by atoms with Crippen molar-refractivity contribution in [3.8, 4) is 17.2 Å². The van der Waals surface area contributed by atoms with Crippen LogP contribution in [-0.4, -0.2) is 19.3 Å². The van der Waals surface area contributed by atoms with E-state index in [-0.39, 0.29) is 36.4 Å². The molecule has 1 saturated heterocycles. The van der Waals surface area contributed by atoms with Gasteiger partial charge in [-0.05, 0) is 56.6 Å². The minimum atomic E-state index is -1.14. The summed E-state index contributed by atoms with van der Waals surface area (Å²) in [6.07, 6.45) is 6.13. The average molecular weight is 434 g/mol. The molecule has 2 heterocycles. The van der Waals surface area contributed by atoms with Crippen molar-refractivity contribution in [2.75, 3.05) is 13.2 Å². The van der Waals surface area contributed by atoms with Crippen LogP contribution in [0.3, 0.4) is 0 Å². The van der Waals surface area contributed by atoms with Crippen LogP contribution in [0.2, 0.25) is 0 Å². The average Bonchev–Trinajstić information content (AvgIpc) is 2.77. The Balaban J connectivity index is 1.47. The second-order valence-electron chi connectivity index (χ2n) is 8.46. The number of aryl methyl sites for hydroxylation is 1. The molecule has 6 heteroatoms. The first-order chi connectivity index (χ1) is 15.0. The molecule has 2 unspecified atom stereocenters. The van der Waals surface area contributed by atoms with Gasteiger partial charge in [0, 0.05) is 24.2 Å². The zero-order valence-electron chi connectivity index (χ0n) is 18.1. The van der Waals surface area contributed by atoms with Crippen LogP contribution in [0.1, 0.15) is 62.6 Å². The largest absolute Gasteiger partial charge is 0.491 e. The summed E-state index contributed by atoms with van der Waals surface area (Å²) in [6, 6.07) is 4.99. The van der Waals surface area contributed by atoms with E-state index < -0.39 is 17.5 Å². The smallest absolute Gasteiger partial charge is 0.205 e. The molecule has 31 heavy (non-hydrogen) atoms. The van der Waals surface area contributed by atoms with Crippen LogP contribution < -0.4 is 9.47 Å². The topological polar surface area (TPSA) is 27.7 Å². The molecule has 0 spiro atoms. The van der Waals surface area contributed by atoms with Gasteiger partial charge in [-0.3, -0.25) is 0 Å². The van der Waals surface area contributed by atoms with Crippen LogP contribution in [0.15, 0.2) is 18.2 Å². The van der Waals surface area contributed by atoms with Gasteiger partial charge in [-0.25, -0.2) is 4.39 Å². The fourth-order valence-corrected chi connectivity index (χ4v) is 4.57. The Morgan fingerprint density at radius 1 is 0.968 bits per heavy atom. The summed E-state index contributed by atoms with van der Waals surface area (Å²) in [6.45, 7) is 4.87. The maximum atomic E-state index is 15.2. The summed E-state index contributed by atoms with van der Waals surface area (Å²) < 4.78 is 60.7. The zero-order chi connectivity index (χ0) is 22.0. The molecule has 0 amide bonds. The number of hydrogen-bond acceptors (Lipinski definition) is 3. The molecular weight excluding hydrogens is 405 g/mol. The van der Waals surface area contributed by atoms with E-state index in [1.807, 2.05) is 0 Å². The fraction of sp³-hybridized carbons (Fsp3) is 0.520. The molecule has 1 fully saturated rings. The van der Waals surface area contributed by atoms with Crippen molar-refractivity contribution in [3.63, 3.8) is 0 Å². The van der Waals surface area contributed by atoms with E-state index in [1.165, 1.54) is 18.9 Å². The van der Waals surface area contributed by atoms with Crippen molar-refractivity contribution in [3.05, 3.63) is 52.3 Å². The van der Waals surface area contributed by atoms with E-state index in [0.29, 0.717) is 29.0 Å². The Labute approximate surface area is 181 Å². The molecule has 0 saturated carbocycles. The van der Waals surface area contributed by atoms with Crippen LogP contribution in [0, 0.1) is 23.4 Å². The molecule has 4 rings (SSSR count). The number of rotatable bonds is 7. The van der Waals surface area contributed by atoms with E-state index in [0.717, 1.165) is 25.9 Å². The first-order valence-corrected chi connectivity index (χ1v) is 11.2. The lowest BCUT2D eigenvalue weighted by atomic mass is 9.91. The second kappa shape index (κ2) is 9.51. The van der Waals surface area contributed by atoms with Gasteiger partial charge >= 0.3 is 0 Å². The molecule has 2 aromatic rings. The third kappa shape index (κ3) is 4.54. The van der Waals surface area contributed by atoms with Gasteiger partial charge in [-0.15, -0.1) is 0 Å². The second-order valence-corrected chi connectivity index (χ2v) is 8.46. The number of halogens is 3. The Kier molecular flexibility index (Phi) is 6.75. The molecule has 2 aliphatic rings. The first kappa shape index (κ1) is 22.0. The number of benzene rings is 2. The van der Waals surface area contributed by atoms with Gasteiger partial charge in [0.05, 0.1) is 12.7 Å². The maximum Gasteiger partial charge on any atom is 0.205 e. The molecule has 0 radical (unpaired) electrons. The van der Waals surface area contributed by atoms with Gasteiger partial charge in [0.1, 0.15) is 0 Å². The van der Waals surface area contributed by atoms with E-state index >= 15 is 4.39 Å². The molecule has 168 valence electrons. The Bertz CT molecular complexity index is 936. The predicted molar refractivity (Wildman–Crippen MR) is 113 cm³/mol. The van der Waals surface area contributed by atoms with Crippen LogP contribution in [0.5, 0.6) is 17.2 Å². The summed E-state index contributed by atoms with van der Waals surface area (Å²) in [5.74, 6) is -2.56. The highest BCUT2D eigenvalue weighted by Crippen LogP contribution is 2.43. The Morgan fingerprint density at radius 3 is 2.48 bits per heavy atom. The molecular formula is C25H29F3O3. The summed E-state index contributed by atoms with van der Waals surface area (Å²) in [5, 5.41) is 0. The third-order valence-electron chi connectivity index (χ3n) is 6.25. The van der Waals surface area contributed by atoms with Gasteiger partial charge in [0.15, 0.2) is 23.1 Å². The Morgan fingerprint density at radius 2 is 1.77 bits per heavy atom. The summed E-state index contributed by atoms with van der Waals surface area (Å²) >= 11 is 0. The van der Waals surface area contributed by atoms with E-state index in [9.17, 15) is 8.78 Å². The van der Waals surface area contributed by atoms with Gasteiger partial charge < -0.3 is 14.2 Å². The minimum absolute atomic E-state index is 0.0139. The fourth-order valence-electron chi connectivity index (χ4n) is 4.57. The van der Waals surface area contributed by atoms with Crippen molar-refractivity contribution in [1.29, 1.82) is 0 Å². The van der Waals surface area contributed by atoms with E-state index in [4.69, 9.17) is 14.2 Å². The van der Waals surface area contributed by atoms with Crippen molar-refractivity contribution in [2.24, 2.45) is 5.92 Å². The van der Waals surface area contributed by atoms with Crippen LogP contribution >= 0.6 is 0 Å². The SMILES string of the molecule is CCCC1CCC(CCc2ccc3c(c2F)Oc2c(cc(OCC)c(F)c2F)C3)OC1. The van der Waals surface area contributed by atoms with Crippen molar-refractivity contribution < 1.29 is 27.4 Å². The lowest BCUT2D eigenvalue weighted by Gasteiger charge is -2.29. The lowest BCUT2D eigenvalue weighted by Crippen LogP contribution is -2.26. The van der Waals surface area contributed by atoms with Gasteiger partial charge in [-0.2, -0.15) is 8.78 Å². The zero-order valence-corrected chi connectivity index (χ0v) is 18.1. The highest BCUT2D eigenvalue weighted by Gasteiger charge is 2.29. The number of hydrogen-bond donors (Lipinski definition) is 0. The molecule has 0 bridgehead atoms. The quantitative estimate of drug-likeness (QED) is 0.413. The molecule has 0 aromatic heterocycles. The van der Waals surface area contributed by atoms with Crippen molar-refractivity contribution >= 4 is 0 Å². The summed E-state index contributed by atoms with van der Waals surface area (Å²) in [5.41, 5.74) is 1.56. The molecule has 0 aliphatic carbocycles. The summed E-state index contributed by atoms with van der Waals surface area (Å²) in [4.78, 5) is 0. The van der Waals surface area contributed by atoms with E-state index in [2.05, 4.69) is 6.92 Å². The molecule has 3 nitrogen and oxygen atoms in total. The first-order valence-electron chi connectivity index (χ1n) is 11.2. The van der Waals surface area contributed by atoms with Gasteiger partial charge in [0.25, 0.3) is 0 Å². The lowest BCUT2D eigenvalue weighted by molar-refractivity contribution is -0.0216. The predicted octanol–water partition coefficient (Wildman–Crippen LogP) is 6.73. The highest BCUT2D eigenvalue weighted by molar-refractivity contribution is 5.54. The monoisotopic (exact) mass is 434 g/mol. The molecule has 0 N–H and O–H groups in total. The van der Waals surface area contributed by atoms with Crippen LogP contribution in [0.25, 0.3) is 0 Å². The van der Waals surface area contributed by atoms with Gasteiger partial charge in [0.2, 0.25) is 11.6 Å². The molecule has 2 atom stereocenters. The summed E-state index contributed by atoms with van der Waals surface area (Å²) in [7, 11) is 0. The normalized spacial score (nSPS) is 20.0. The van der Waals surface area contributed by atoms with Crippen LogP contribution in [-0.2, 0) is 17.6 Å². The number of ether oxygens (including phenoxy) is 3. The molecule has 2 aliphatic heterocycles. The van der Waals surface area contributed by atoms with Gasteiger partial charge in [-0.1, -0.05) is 25.5 Å². The van der Waals surface area contributed by atoms with E-state index in [1.54, 1.807) is 19.1 Å².